The number of ether oxygens (including phenoxy) is 1. The molecule has 1 atom stereocenters. The highest BCUT2D eigenvalue weighted by molar-refractivity contribution is 5.95. The van der Waals surface area contributed by atoms with Crippen LogP contribution < -0.4 is 4.74 Å². The zero-order valence-electron chi connectivity index (χ0n) is 14.5. The lowest BCUT2D eigenvalue weighted by Crippen LogP contribution is -2.39. The first-order valence-corrected chi connectivity index (χ1v) is 8.38. The average molecular weight is 336 g/mol. The van der Waals surface area contributed by atoms with Gasteiger partial charge in [0.05, 0.1) is 24.2 Å². The van der Waals surface area contributed by atoms with Gasteiger partial charge in [0.15, 0.2) is 5.82 Å². The van der Waals surface area contributed by atoms with Crippen LogP contribution in [0.3, 0.4) is 0 Å². The van der Waals surface area contributed by atoms with Gasteiger partial charge in [-0.25, -0.2) is 4.98 Å². The lowest BCUT2D eigenvalue weighted by molar-refractivity contribution is 0.0665. The molecule has 25 heavy (non-hydrogen) atoms. The first kappa shape index (κ1) is 15.6. The Balaban J connectivity index is 1.70. The minimum Gasteiger partial charge on any atom is -0.496 e. The van der Waals surface area contributed by atoms with E-state index in [0.717, 1.165) is 40.0 Å². The monoisotopic (exact) mass is 336 g/mol. The zero-order chi connectivity index (χ0) is 17.6. The molecule has 3 heterocycles. The lowest BCUT2D eigenvalue weighted by Gasteiger charge is -2.34. The summed E-state index contributed by atoms with van der Waals surface area (Å²) in [5, 5.41) is 0. The van der Waals surface area contributed by atoms with Crippen LogP contribution in [-0.4, -0.2) is 39.4 Å². The fourth-order valence-electron chi connectivity index (χ4n) is 3.56. The fourth-order valence-corrected chi connectivity index (χ4v) is 3.56. The molecule has 1 aromatic carbocycles. The van der Waals surface area contributed by atoms with Crippen LogP contribution in [-0.2, 0) is 6.42 Å². The van der Waals surface area contributed by atoms with Crippen LogP contribution in [0.25, 0.3) is 11.0 Å². The Morgan fingerprint density at radius 3 is 3.00 bits per heavy atom. The zero-order valence-corrected chi connectivity index (χ0v) is 14.5. The highest BCUT2D eigenvalue weighted by Crippen LogP contribution is 2.30. The summed E-state index contributed by atoms with van der Waals surface area (Å²) in [4.78, 5) is 27.0. The molecular weight excluding hydrogens is 316 g/mol. The van der Waals surface area contributed by atoms with Crippen molar-refractivity contribution in [3.05, 3.63) is 53.1 Å². The number of aromatic nitrogens is 3. The summed E-state index contributed by atoms with van der Waals surface area (Å²) < 4.78 is 5.34. The van der Waals surface area contributed by atoms with Gasteiger partial charge in [-0.1, -0.05) is 6.07 Å². The number of H-pyrrole nitrogens is 1. The van der Waals surface area contributed by atoms with E-state index in [-0.39, 0.29) is 11.9 Å². The van der Waals surface area contributed by atoms with Gasteiger partial charge in [-0.05, 0) is 37.6 Å². The van der Waals surface area contributed by atoms with E-state index in [9.17, 15) is 4.79 Å². The maximum atomic E-state index is 13.0. The molecule has 0 saturated carbocycles. The molecule has 1 N–H and O–H groups in total. The third kappa shape index (κ3) is 2.45. The van der Waals surface area contributed by atoms with Gasteiger partial charge in [-0.15, -0.1) is 0 Å². The van der Waals surface area contributed by atoms with Crippen molar-refractivity contribution in [3.63, 3.8) is 0 Å². The summed E-state index contributed by atoms with van der Waals surface area (Å²) in [6, 6.07) is 7.72. The van der Waals surface area contributed by atoms with E-state index in [0.29, 0.717) is 12.4 Å². The number of carbonyl (C=O) groups excluding carboxylic acids is 1. The molecule has 0 aliphatic carbocycles. The second-order valence-corrected chi connectivity index (χ2v) is 6.34. The summed E-state index contributed by atoms with van der Waals surface area (Å²) in [6.45, 7) is 4.62. The summed E-state index contributed by atoms with van der Waals surface area (Å²) in [5.41, 5.74) is 4.72. The van der Waals surface area contributed by atoms with E-state index in [1.54, 1.807) is 13.3 Å². The highest BCUT2D eigenvalue weighted by atomic mass is 16.5. The van der Waals surface area contributed by atoms with Crippen molar-refractivity contribution in [1.29, 1.82) is 0 Å². The van der Waals surface area contributed by atoms with Crippen molar-refractivity contribution in [3.8, 4) is 5.75 Å². The number of aryl methyl sites for hydroxylation is 1. The molecule has 0 spiro atoms. The van der Waals surface area contributed by atoms with E-state index < -0.39 is 0 Å². The van der Waals surface area contributed by atoms with Gasteiger partial charge in [0.25, 0.3) is 5.91 Å². The smallest absolute Gasteiger partial charge is 0.290 e. The van der Waals surface area contributed by atoms with Gasteiger partial charge >= 0.3 is 0 Å². The number of carbonyl (C=O) groups is 1. The predicted octanol–water partition coefficient (Wildman–Crippen LogP) is 3.03. The standard InChI is InChI=1S/C19H20N4O2/c1-11-16(25-3)7-6-15-17(11)22-18(21-15)19(24)23-10-8-14-13(12(23)2)5-4-9-20-14/h4-7,9,12H,8,10H2,1-3H3,(H,21,22)/t12-/m1/s1. The number of rotatable bonds is 2. The minimum absolute atomic E-state index is 0.0196. The van der Waals surface area contributed by atoms with Crippen LogP contribution in [0.1, 0.15) is 40.4 Å². The summed E-state index contributed by atoms with van der Waals surface area (Å²) in [6.07, 6.45) is 2.57. The first-order chi connectivity index (χ1) is 12.1. The Hall–Kier alpha value is -2.89. The number of aromatic amines is 1. The van der Waals surface area contributed by atoms with Crippen molar-refractivity contribution in [2.24, 2.45) is 0 Å². The number of hydrogen-bond donors (Lipinski definition) is 1. The molecule has 0 saturated heterocycles. The molecule has 1 aliphatic rings. The van der Waals surface area contributed by atoms with Crippen LogP contribution in [0.2, 0.25) is 0 Å². The average Bonchev–Trinajstić information content (AvgIpc) is 3.07. The van der Waals surface area contributed by atoms with E-state index in [1.165, 1.54) is 0 Å². The molecule has 2 aromatic heterocycles. The number of methoxy groups -OCH3 is 1. The molecule has 4 rings (SSSR count). The molecule has 1 amide bonds. The Labute approximate surface area is 145 Å². The fraction of sp³-hybridized carbons (Fsp3) is 0.316. The molecule has 0 unspecified atom stereocenters. The number of benzene rings is 1. The number of hydrogen-bond acceptors (Lipinski definition) is 4. The van der Waals surface area contributed by atoms with Crippen molar-refractivity contribution in [2.45, 2.75) is 26.3 Å². The van der Waals surface area contributed by atoms with E-state index in [4.69, 9.17) is 4.74 Å². The topological polar surface area (TPSA) is 71.1 Å². The van der Waals surface area contributed by atoms with E-state index >= 15 is 0 Å². The number of imidazole rings is 1. The van der Waals surface area contributed by atoms with Gasteiger partial charge in [-0.2, -0.15) is 0 Å². The molecule has 6 heteroatoms. The van der Waals surface area contributed by atoms with Crippen molar-refractivity contribution >= 4 is 16.9 Å². The number of amides is 1. The lowest BCUT2D eigenvalue weighted by atomic mass is 9.98. The summed E-state index contributed by atoms with van der Waals surface area (Å²) in [7, 11) is 1.63. The largest absolute Gasteiger partial charge is 0.496 e. The number of nitrogens with zero attached hydrogens (tertiary/aromatic N) is 3. The quantitative estimate of drug-likeness (QED) is 0.781. The van der Waals surface area contributed by atoms with Gasteiger partial charge in [0.1, 0.15) is 5.75 Å². The molecule has 0 fully saturated rings. The highest BCUT2D eigenvalue weighted by Gasteiger charge is 2.30. The number of nitrogens with one attached hydrogen (secondary N) is 1. The van der Waals surface area contributed by atoms with Gasteiger partial charge in [0, 0.05) is 30.4 Å². The third-order valence-electron chi connectivity index (χ3n) is 4.97. The molecule has 6 nitrogen and oxygen atoms in total. The second-order valence-electron chi connectivity index (χ2n) is 6.34. The third-order valence-corrected chi connectivity index (χ3v) is 4.97. The van der Waals surface area contributed by atoms with E-state index in [1.807, 2.05) is 43.0 Å². The first-order valence-electron chi connectivity index (χ1n) is 8.38. The van der Waals surface area contributed by atoms with Gasteiger partial charge in [-0.3, -0.25) is 9.78 Å². The van der Waals surface area contributed by atoms with Crippen molar-refractivity contribution in [1.82, 2.24) is 19.9 Å². The van der Waals surface area contributed by atoms with Crippen molar-refractivity contribution in [2.75, 3.05) is 13.7 Å². The van der Waals surface area contributed by atoms with Gasteiger partial charge < -0.3 is 14.6 Å². The van der Waals surface area contributed by atoms with E-state index in [2.05, 4.69) is 15.0 Å². The molecule has 0 bridgehead atoms. The van der Waals surface area contributed by atoms with Gasteiger partial charge in [0.2, 0.25) is 0 Å². The van der Waals surface area contributed by atoms with Crippen LogP contribution in [0.5, 0.6) is 5.75 Å². The molecule has 1 aliphatic heterocycles. The van der Waals surface area contributed by atoms with Crippen LogP contribution in [0.15, 0.2) is 30.5 Å². The van der Waals surface area contributed by atoms with Crippen molar-refractivity contribution < 1.29 is 9.53 Å². The van der Waals surface area contributed by atoms with Crippen LogP contribution in [0.4, 0.5) is 0 Å². The number of fused-ring (bicyclic) bond motifs is 2. The Bertz CT molecular complexity index is 963. The maximum Gasteiger partial charge on any atom is 0.290 e. The minimum atomic E-state index is -0.0865. The molecule has 0 radical (unpaired) electrons. The predicted molar refractivity (Wildman–Crippen MR) is 94.8 cm³/mol. The Morgan fingerprint density at radius 1 is 1.36 bits per heavy atom. The van der Waals surface area contributed by atoms with Crippen LogP contribution in [0, 0.1) is 6.92 Å². The molecular formula is C19H20N4O2. The maximum absolute atomic E-state index is 13.0. The normalized spacial score (nSPS) is 16.8. The molecule has 128 valence electrons. The SMILES string of the molecule is COc1ccc2[nH]c(C(=O)N3CCc4ncccc4[C@H]3C)nc2c1C. The second kappa shape index (κ2) is 5.88. The number of pyridine rings is 1. The summed E-state index contributed by atoms with van der Waals surface area (Å²) >= 11 is 0. The Kier molecular flexibility index (Phi) is 3.67. The summed E-state index contributed by atoms with van der Waals surface area (Å²) in [5.74, 6) is 1.05. The Morgan fingerprint density at radius 2 is 2.20 bits per heavy atom. The molecule has 3 aromatic rings. The van der Waals surface area contributed by atoms with Crippen LogP contribution >= 0.6 is 0 Å².